The van der Waals surface area contributed by atoms with Crippen molar-refractivity contribution in [2.24, 2.45) is 5.92 Å². The molecular formula is C17H30N2O3. The van der Waals surface area contributed by atoms with Gasteiger partial charge in [0.05, 0.1) is 12.5 Å². The summed E-state index contributed by atoms with van der Waals surface area (Å²) in [6.07, 6.45) is 4.01. The maximum atomic E-state index is 11.8. The number of hydrogen-bond acceptors (Lipinski definition) is 4. The molecule has 1 amide bonds. The summed E-state index contributed by atoms with van der Waals surface area (Å²) in [5, 5.41) is 6.39. The molecule has 0 fully saturated rings. The summed E-state index contributed by atoms with van der Waals surface area (Å²) in [7, 11) is 0. The highest BCUT2D eigenvalue weighted by Gasteiger charge is 2.19. The first-order chi connectivity index (χ1) is 10.2. The third kappa shape index (κ3) is 7.50. The Labute approximate surface area is 133 Å². The number of nitrogens with one attached hydrogen (secondary N) is 2. The van der Waals surface area contributed by atoms with Gasteiger partial charge in [-0.05, 0) is 46.1 Å². The minimum absolute atomic E-state index is 0.169. The second-order valence-corrected chi connectivity index (χ2v) is 7.15. The zero-order chi connectivity index (χ0) is 16.8. The van der Waals surface area contributed by atoms with Crippen molar-refractivity contribution in [2.75, 3.05) is 6.54 Å². The quantitative estimate of drug-likeness (QED) is 0.802. The molecule has 1 rings (SSSR count). The summed E-state index contributed by atoms with van der Waals surface area (Å²) in [4.78, 5) is 11.8. The monoisotopic (exact) mass is 310 g/mol. The lowest BCUT2D eigenvalue weighted by molar-refractivity contribution is 0.0520. The highest BCUT2D eigenvalue weighted by Crippen LogP contribution is 2.15. The van der Waals surface area contributed by atoms with Crippen LogP contribution in [0, 0.1) is 5.92 Å². The largest absolute Gasteiger partial charge is 0.472 e. The van der Waals surface area contributed by atoms with Crippen LogP contribution in [0.15, 0.2) is 23.0 Å². The van der Waals surface area contributed by atoms with Gasteiger partial charge < -0.3 is 19.8 Å². The number of rotatable bonds is 7. The Balaban J connectivity index is 2.52. The summed E-state index contributed by atoms with van der Waals surface area (Å²) in [5.41, 5.74) is 0.626. The molecule has 0 saturated carbocycles. The Hall–Kier alpha value is -1.49. The predicted octanol–water partition coefficient (Wildman–Crippen LogP) is 3.87. The fourth-order valence-corrected chi connectivity index (χ4v) is 2.27. The van der Waals surface area contributed by atoms with E-state index in [0.29, 0.717) is 12.5 Å². The van der Waals surface area contributed by atoms with Crippen molar-refractivity contribution in [3.8, 4) is 0 Å². The maximum Gasteiger partial charge on any atom is 0.407 e. The van der Waals surface area contributed by atoms with Crippen molar-refractivity contribution >= 4 is 6.09 Å². The average molecular weight is 310 g/mol. The minimum atomic E-state index is -0.477. The van der Waals surface area contributed by atoms with Gasteiger partial charge in [-0.2, -0.15) is 0 Å². The first kappa shape index (κ1) is 18.6. The van der Waals surface area contributed by atoms with E-state index >= 15 is 0 Å². The van der Waals surface area contributed by atoms with Crippen molar-refractivity contribution in [1.29, 1.82) is 0 Å². The normalized spacial score (nSPS) is 14.7. The summed E-state index contributed by atoms with van der Waals surface area (Å²) >= 11 is 0. The van der Waals surface area contributed by atoms with Gasteiger partial charge in [-0.15, -0.1) is 0 Å². The SMILES string of the molecule is CC(C)CC(CNC(=O)OC(C)(C)C)NC(C)c1ccoc1. The van der Waals surface area contributed by atoms with Crippen molar-refractivity contribution in [1.82, 2.24) is 10.6 Å². The van der Waals surface area contributed by atoms with Crippen LogP contribution < -0.4 is 10.6 Å². The van der Waals surface area contributed by atoms with E-state index in [1.807, 2.05) is 26.8 Å². The molecule has 0 aliphatic carbocycles. The molecule has 1 aromatic heterocycles. The predicted molar refractivity (Wildman–Crippen MR) is 87.7 cm³/mol. The van der Waals surface area contributed by atoms with Crippen LogP contribution in [0.25, 0.3) is 0 Å². The van der Waals surface area contributed by atoms with Gasteiger partial charge in [0.2, 0.25) is 0 Å². The third-order valence-electron chi connectivity index (χ3n) is 3.18. The lowest BCUT2D eigenvalue weighted by Crippen LogP contribution is -2.44. The molecule has 0 aromatic carbocycles. The molecule has 1 aromatic rings. The van der Waals surface area contributed by atoms with Crippen LogP contribution in [-0.2, 0) is 4.74 Å². The molecule has 126 valence electrons. The molecule has 2 unspecified atom stereocenters. The van der Waals surface area contributed by atoms with Gasteiger partial charge in [0.25, 0.3) is 0 Å². The van der Waals surface area contributed by atoms with Crippen molar-refractivity contribution in [3.63, 3.8) is 0 Å². The Morgan fingerprint density at radius 3 is 2.50 bits per heavy atom. The summed E-state index contributed by atoms with van der Waals surface area (Å²) in [6, 6.07) is 2.30. The molecule has 0 bridgehead atoms. The highest BCUT2D eigenvalue weighted by atomic mass is 16.6. The van der Waals surface area contributed by atoms with E-state index in [4.69, 9.17) is 9.15 Å². The van der Waals surface area contributed by atoms with Crippen LogP contribution in [0.5, 0.6) is 0 Å². The Morgan fingerprint density at radius 1 is 1.32 bits per heavy atom. The first-order valence-electron chi connectivity index (χ1n) is 7.92. The molecule has 0 saturated heterocycles. The average Bonchev–Trinajstić information content (AvgIpc) is 2.86. The molecule has 0 aliphatic heterocycles. The fraction of sp³-hybridized carbons (Fsp3) is 0.706. The van der Waals surface area contributed by atoms with E-state index < -0.39 is 5.60 Å². The molecular weight excluding hydrogens is 280 g/mol. The molecule has 0 spiro atoms. The van der Waals surface area contributed by atoms with Crippen LogP contribution in [-0.4, -0.2) is 24.3 Å². The van der Waals surface area contributed by atoms with Crippen LogP contribution in [0.4, 0.5) is 4.79 Å². The van der Waals surface area contributed by atoms with E-state index in [9.17, 15) is 4.79 Å². The van der Waals surface area contributed by atoms with Gasteiger partial charge in [-0.3, -0.25) is 0 Å². The topological polar surface area (TPSA) is 63.5 Å². The van der Waals surface area contributed by atoms with Crippen LogP contribution in [0.1, 0.15) is 59.6 Å². The van der Waals surface area contributed by atoms with Crippen LogP contribution >= 0.6 is 0 Å². The molecule has 2 N–H and O–H groups in total. The molecule has 1 heterocycles. The van der Waals surface area contributed by atoms with E-state index in [0.717, 1.165) is 12.0 Å². The number of carbonyl (C=O) groups is 1. The van der Waals surface area contributed by atoms with E-state index in [1.54, 1.807) is 12.5 Å². The second-order valence-electron chi connectivity index (χ2n) is 7.15. The maximum absolute atomic E-state index is 11.8. The lowest BCUT2D eigenvalue weighted by Gasteiger charge is -2.26. The van der Waals surface area contributed by atoms with Gasteiger partial charge in [0.15, 0.2) is 0 Å². The number of ether oxygens (including phenoxy) is 1. The van der Waals surface area contributed by atoms with Crippen LogP contribution in [0.2, 0.25) is 0 Å². The van der Waals surface area contributed by atoms with Gasteiger partial charge in [0.1, 0.15) is 5.60 Å². The zero-order valence-electron chi connectivity index (χ0n) is 14.6. The van der Waals surface area contributed by atoms with Crippen LogP contribution in [0.3, 0.4) is 0 Å². The smallest absolute Gasteiger partial charge is 0.407 e. The summed E-state index contributed by atoms with van der Waals surface area (Å²) < 4.78 is 10.4. The molecule has 5 heteroatoms. The standard InChI is InChI=1S/C17H30N2O3/c1-12(2)9-15(10-18-16(20)22-17(4,5)6)19-13(3)14-7-8-21-11-14/h7-8,11-13,15,19H,9-10H2,1-6H3,(H,18,20). The number of amides is 1. The molecule has 0 aliphatic rings. The second kappa shape index (κ2) is 8.22. The Kier molecular flexibility index (Phi) is 6.94. The van der Waals surface area contributed by atoms with Crippen molar-refractivity contribution < 1.29 is 13.9 Å². The molecule has 0 radical (unpaired) electrons. The number of alkyl carbamates (subject to hydrolysis) is 1. The molecule has 2 atom stereocenters. The number of carbonyl (C=O) groups excluding carboxylic acids is 1. The minimum Gasteiger partial charge on any atom is -0.472 e. The summed E-state index contributed by atoms with van der Waals surface area (Å²) in [6.45, 7) is 12.5. The fourth-order valence-electron chi connectivity index (χ4n) is 2.27. The van der Waals surface area contributed by atoms with E-state index in [-0.39, 0.29) is 18.2 Å². The number of furan rings is 1. The van der Waals surface area contributed by atoms with Gasteiger partial charge in [0, 0.05) is 24.2 Å². The Morgan fingerprint density at radius 2 is 2.00 bits per heavy atom. The summed E-state index contributed by atoms with van der Waals surface area (Å²) in [5.74, 6) is 0.537. The Bertz CT molecular complexity index is 435. The van der Waals surface area contributed by atoms with Gasteiger partial charge in [-0.25, -0.2) is 4.79 Å². The molecule has 22 heavy (non-hydrogen) atoms. The van der Waals surface area contributed by atoms with Crippen molar-refractivity contribution in [3.05, 3.63) is 24.2 Å². The highest BCUT2D eigenvalue weighted by molar-refractivity contribution is 5.67. The van der Waals surface area contributed by atoms with Gasteiger partial charge >= 0.3 is 6.09 Å². The lowest BCUT2D eigenvalue weighted by atomic mass is 10.0. The zero-order valence-corrected chi connectivity index (χ0v) is 14.6. The van der Waals surface area contributed by atoms with E-state index in [2.05, 4.69) is 31.4 Å². The third-order valence-corrected chi connectivity index (χ3v) is 3.18. The molecule has 5 nitrogen and oxygen atoms in total. The first-order valence-corrected chi connectivity index (χ1v) is 7.92. The van der Waals surface area contributed by atoms with E-state index in [1.165, 1.54) is 0 Å². The van der Waals surface area contributed by atoms with Gasteiger partial charge in [-0.1, -0.05) is 13.8 Å². The van der Waals surface area contributed by atoms with Crippen molar-refractivity contribution in [2.45, 2.75) is 65.6 Å². The number of hydrogen-bond donors (Lipinski definition) is 2.